The number of anilines is 1. The number of ether oxygens (including phenoxy) is 1. The molecule has 4 rings (SSSR count). The predicted octanol–water partition coefficient (Wildman–Crippen LogP) is 0.964. The maximum absolute atomic E-state index is 13.6. The van der Waals surface area contributed by atoms with E-state index >= 15 is 0 Å². The lowest BCUT2D eigenvalue weighted by atomic mass is 10.2. The molecule has 0 radical (unpaired) electrons. The van der Waals surface area contributed by atoms with Gasteiger partial charge in [0.15, 0.2) is 5.65 Å². The average Bonchev–Trinajstić information content (AvgIpc) is 3.07. The maximum Gasteiger partial charge on any atom is 0.257 e. The third kappa shape index (κ3) is 3.04. The Balaban J connectivity index is 1.77. The molecule has 1 atom stereocenters. The highest BCUT2D eigenvalue weighted by atomic mass is 19.1. The second-order valence-electron chi connectivity index (χ2n) is 5.91. The van der Waals surface area contributed by atoms with Crippen LogP contribution in [0, 0.1) is 5.82 Å². The molecule has 0 fully saturated rings. The summed E-state index contributed by atoms with van der Waals surface area (Å²) in [6.45, 7) is 0.0135. The number of fused-ring (bicyclic) bond motifs is 2. The molecule has 3 heterocycles. The number of hydrogen-bond donors (Lipinski definition) is 3. The minimum Gasteiger partial charge on any atom is -0.491 e. The third-order valence-electron chi connectivity index (χ3n) is 4.09. The Morgan fingerprint density at radius 3 is 3.12 bits per heavy atom. The summed E-state index contributed by atoms with van der Waals surface area (Å²) >= 11 is 0. The van der Waals surface area contributed by atoms with Crippen LogP contribution in [0.3, 0.4) is 0 Å². The minimum absolute atomic E-state index is 0.0380. The van der Waals surface area contributed by atoms with Gasteiger partial charge < -0.3 is 20.5 Å². The molecule has 0 saturated carbocycles. The Kier molecular flexibility index (Phi) is 4.13. The first-order valence-corrected chi connectivity index (χ1v) is 8.05. The summed E-state index contributed by atoms with van der Waals surface area (Å²) in [5.41, 5.74) is 1.27. The molecule has 3 N–H and O–H groups in total. The zero-order chi connectivity index (χ0) is 18.1. The van der Waals surface area contributed by atoms with E-state index in [0.29, 0.717) is 22.8 Å². The number of aliphatic hydroxyl groups is 1. The van der Waals surface area contributed by atoms with Crippen LogP contribution >= 0.6 is 0 Å². The molecule has 0 saturated heterocycles. The van der Waals surface area contributed by atoms with Gasteiger partial charge in [0.05, 0.1) is 18.8 Å². The van der Waals surface area contributed by atoms with E-state index in [1.807, 2.05) is 0 Å². The summed E-state index contributed by atoms with van der Waals surface area (Å²) in [4.78, 5) is 16.9. The van der Waals surface area contributed by atoms with Crippen molar-refractivity contribution in [3.63, 3.8) is 0 Å². The molecule has 0 unspecified atom stereocenters. The zero-order valence-corrected chi connectivity index (χ0v) is 13.6. The fourth-order valence-corrected chi connectivity index (χ4v) is 2.73. The Morgan fingerprint density at radius 1 is 1.38 bits per heavy atom. The van der Waals surface area contributed by atoms with Gasteiger partial charge in [0.2, 0.25) is 0 Å². The molecule has 2 aromatic heterocycles. The standard InChI is InChI=1S/C17H16FN5O3/c18-11-1-2-14-10(5-11)6-19-15-3-4-23-16(22-15)13(7-20-23)17(25)21-12(8-24)9-26-14/h1-5,7,12,24H,6,8-9H2,(H,19,22)(H,21,25)/t12-/m1/s1. The number of nitrogens with one attached hydrogen (secondary N) is 2. The number of benzene rings is 1. The Hall–Kier alpha value is -3.20. The van der Waals surface area contributed by atoms with E-state index in [1.54, 1.807) is 12.3 Å². The van der Waals surface area contributed by atoms with Crippen LogP contribution in [-0.2, 0) is 6.54 Å². The van der Waals surface area contributed by atoms with Crippen LogP contribution < -0.4 is 15.4 Å². The highest BCUT2D eigenvalue weighted by Gasteiger charge is 2.20. The minimum atomic E-state index is -0.632. The summed E-state index contributed by atoms with van der Waals surface area (Å²) in [7, 11) is 0. The molecule has 2 bridgehead atoms. The number of hydrogen-bond acceptors (Lipinski definition) is 6. The molecule has 0 spiro atoms. The van der Waals surface area contributed by atoms with E-state index in [4.69, 9.17) is 4.74 Å². The van der Waals surface area contributed by atoms with Gasteiger partial charge >= 0.3 is 0 Å². The maximum atomic E-state index is 13.6. The van der Waals surface area contributed by atoms with E-state index in [0.717, 1.165) is 0 Å². The molecule has 8 nitrogen and oxygen atoms in total. The van der Waals surface area contributed by atoms with Gasteiger partial charge in [0.1, 0.15) is 29.6 Å². The number of aliphatic hydroxyl groups excluding tert-OH is 1. The number of halogens is 1. The second kappa shape index (κ2) is 6.60. The lowest BCUT2D eigenvalue weighted by Gasteiger charge is -2.18. The van der Waals surface area contributed by atoms with Crippen molar-refractivity contribution >= 4 is 17.4 Å². The molecular weight excluding hydrogens is 341 g/mol. The van der Waals surface area contributed by atoms with Gasteiger partial charge in [-0.1, -0.05) is 0 Å². The first kappa shape index (κ1) is 16.3. The van der Waals surface area contributed by atoms with E-state index < -0.39 is 11.9 Å². The molecule has 134 valence electrons. The average molecular weight is 357 g/mol. The third-order valence-corrected chi connectivity index (χ3v) is 4.09. The van der Waals surface area contributed by atoms with E-state index in [-0.39, 0.29) is 31.1 Å². The lowest BCUT2D eigenvalue weighted by Crippen LogP contribution is -2.41. The smallest absolute Gasteiger partial charge is 0.257 e. The normalized spacial score (nSPS) is 17.3. The van der Waals surface area contributed by atoms with E-state index in [2.05, 4.69) is 20.7 Å². The van der Waals surface area contributed by atoms with Crippen molar-refractivity contribution in [1.29, 1.82) is 0 Å². The van der Waals surface area contributed by atoms with Crippen LogP contribution in [0.25, 0.3) is 5.65 Å². The summed E-state index contributed by atoms with van der Waals surface area (Å²) in [6, 6.07) is 5.26. The molecule has 0 aliphatic carbocycles. The quantitative estimate of drug-likeness (QED) is 0.600. The van der Waals surface area contributed by atoms with Crippen molar-refractivity contribution < 1.29 is 19.0 Å². The van der Waals surface area contributed by atoms with Crippen molar-refractivity contribution in [2.24, 2.45) is 0 Å². The second-order valence-corrected chi connectivity index (χ2v) is 5.91. The molecule has 1 aromatic carbocycles. The highest BCUT2D eigenvalue weighted by Crippen LogP contribution is 2.22. The molecular formula is C17H16FN5O3. The fourth-order valence-electron chi connectivity index (χ4n) is 2.73. The van der Waals surface area contributed by atoms with E-state index in [1.165, 1.54) is 28.9 Å². The molecule has 26 heavy (non-hydrogen) atoms. The van der Waals surface area contributed by atoms with Crippen LogP contribution in [0.15, 0.2) is 36.7 Å². The van der Waals surface area contributed by atoms with Crippen LogP contribution in [0.4, 0.5) is 10.2 Å². The summed E-state index contributed by atoms with van der Waals surface area (Å²) in [6.07, 6.45) is 3.09. The van der Waals surface area contributed by atoms with Gasteiger partial charge in [-0.15, -0.1) is 0 Å². The van der Waals surface area contributed by atoms with Gasteiger partial charge in [-0.3, -0.25) is 4.79 Å². The Labute approximate surface area is 147 Å². The monoisotopic (exact) mass is 357 g/mol. The van der Waals surface area contributed by atoms with Crippen molar-refractivity contribution in [1.82, 2.24) is 19.9 Å². The van der Waals surface area contributed by atoms with Crippen molar-refractivity contribution in [2.75, 3.05) is 18.5 Å². The van der Waals surface area contributed by atoms with Gasteiger partial charge in [0, 0.05) is 18.3 Å². The number of aromatic nitrogens is 3. The number of carbonyl (C=O) groups is 1. The summed E-state index contributed by atoms with van der Waals surface area (Å²) < 4.78 is 20.8. The van der Waals surface area contributed by atoms with Crippen LogP contribution in [0.2, 0.25) is 0 Å². The van der Waals surface area contributed by atoms with Crippen LogP contribution in [0.1, 0.15) is 15.9 Å². The summed E-state index contributed by atoms with van der Waals surface area (Å²) in [5, 5.41) is 19.4. The number of nitrogens with zero attached hydrogens (tertiary/aromatic N) is 3. The predicted molar refractivity (Wildman–Crippen MR) is 90.5 cm³/mol. The first-order chi connectivity index (χ1) is 12.6. The molecule has 9 heteroatoms. The number of carbonyl (C=O) groups excluding carboxylic acids is 1. The molecule has 1 aliphatic heterocycles. The Bertz CT molecular complexity index is 974. The topological polar surface area (TPSA) is 101 Å². The number of amides is 1. The highest BCUT2D eigenvalue weighted by molar-refractivity contribution is 5.99. The van der Waals surface area contributed by atoms with Gasteiger partial charge in [-0.05, 0) is 24.3 Å². The lowest BCUT2D eigenvalue weighted by molar-refractivity contribution is 0.0890. The van der Waals surface area contributed by atoms with Gasteiger partial charge in [-0.25, -0.2) is 13.9 Å². The van der Waals surface area contributed by atoms with Crippen LogP contribution in [0.5, 0.6) is 5.75 Å². The first-order valence-electron chi connectivity index (χ1n) is 8.05. The van der Waals surface area contributed by atoms with Gasteiger partial charge in [0.25, 0.3) is 5.91 Å². The molecule has 3 aromatic rings. The van der Waals surface area contributed by atoms with Crippen molar-refractivity contribution in [3.8, 4) is 5.75 Å². The van der Waals surface area contributed by atoms with E-state index in [9.17, 15) is 14.3 Å². The van der Waals surface area contributed by atoms with Gasteiger partial charge in [-0.2, -0.15) is 5.10 Å². The zero-order valence-electron chi connectivity index (χ0n) is 13.6. The van der Waals surface area contributed by atoms with Crippen molar-refractivity contribution in [2.45, 2.75) is 12.6 Å². The van der Waals surface area contributed by atoms with Crippen LogP contribution in [-0.4, -0.2) is 44.9 Å². The SMILES string of the molecule is O=C1N[C@H](CO)COc2ccc(F)cc2CNc2ccn3ncc1c3n2. The Morgan fingerprint density at radius 2 is 2.27 bits per heavy atom. The number of rotatable bonds is 1. The summed E-state index contributed by atoms with van der Waals surface area (Å²) in [5.74, 6) is 0.188. The van der Waals surface area contributed by atoms with Crippen molar-refractivity contribution in [3.05, 3.63) is 53.6 Å². The largest absolute Gasteiger partial charge is 0.491 e. The fraction of sp³-hybridized carbons (Fsp3) is 0.235. The molecule has 1 aliphatic rings. The molecule has 1 amide bonds.